The van der Waals surface area contributed by atoms with Gasteiger partial charge >= 0.3 is 5.97 Å². The highest BCUT2D eigenvalue weighted by atomic mass is 16.6. The number of esters is 1. The molecule has 0 spiro atoms. The zero-order valence-electron chi connectivity index (χ0n) is 10.9. The number of nitro groups is 1. The van der Waals surface area contributed by atoms with Crippen molar-refractivity contribution in [2.24, 2.45) is 0 Å². The molecule has 0 bridgehead atoms. The number of ether oxygens (including phenoxy) is 1. The molecule has 0 heterocycles. The van der Waals surface area contributed by atoms with Crippen molar-refractivity contribution in [1.82, 2.24) is 0 Å². The Hall–Kier alpha value is -2.19. The maximum atomic E-state index is 11.2. The average Bonchev–Trinajstić information content (AvgIpc) is 2.37. The van der Waals surface area contributed by atoms with E-state index in [1.807, 2.05) is 0 Å². The zero-order valence-corrected chi connectivity index (χ0v) is 10.9. The smallest absolute Gasteiger partial charge is 0.308 e. The van der Waals surface area contributed by atoms with Crippen molar-refractivity contribution in [3.63, 3.8) is 0 Å². The van der Waals surface area contributed by atoms with Gasteiger partial charge < -0.3 is 20.7 Å². The van der Waals surface area contributed by atoms with Gasteiger partial charge in [0.2, 0.25) is 0 Å². The van der Waals surface area contributed by atoms with E-state index in [1.54, 1.807) is 6.92 Å². The Balaban J connectivity index is 2.95. The number of aliphatic hydroxyl groups is 2. The topological polar surface area (TPSA) is 136 Å². The number of hydrogen-bond donors (Lipinski definition) is 3. The van der Waals surface area contributed by atoms with Crippen LogP contribution in [0.3, 0.4) is 0 Å². The van der Waals surface area contributed by atoms with Crippen LogP contribution in [-0.2, 0) is 9.53 Å². The van der Waals surface area contributed by atoms with Crippen molar-refractivity contribution < 1.29 is 24.7 Å². The molecule has 2 atom stereocenters. The number of hydrogen-bond acceptors (Lipinski definition) is 7. The van der Waals surface area contributed by atoms with Crippen molar-refractivity contribution in [2.75, 3.05) is 12.3 Å². The van der Waals surface area contributed by atoms with Crippen LogP contribution in [0.1, 0.15) is 25.0 Å². The maximum absolute atomic E-state index is 11.2. The fraction of sp³-hybridized carbons (Fsp3) is 0.417. The van der Waals surface area contributed by atoms with E-state index in [9.17, 15) is 25.1 Å². The van der Waals surface area contributed by atoms with Crippen LogP contribution >= 0.6 is 0 Å². The molecule has 4 N–H and O–H groups in total. The third-order valence-corrected chi connectivity index (χ3v) is 2.61. The Labute approximate surface area is 114 Å². The Bertz CT molecular complexity index is 505. The lowest BCUT2D eigenvalue weighted by Crippen LogP contribution is -2.23. The zero-order chi connectivity index (χ0) is 15.3. The van der Waals surface area contributed by atoms with Gasteiger partial charge in [0.25, 0.3) is 5.69 Å². The van der Waals surface area contributed by atoms with Crippen LogP contribution in [0.2, 0.25) is 0 Å². The standard InChI is InChI=1S/C12H16N2O6/c1-2-20-11(16)6-10(15)12(17)8-5-7(13)3-4-9(8)14(18)19/h3-5,10,12,15,17H,2,6,13H2,1H3. The summed E-state index contributed by atoms with van der Waals surface area (Å²) in [4.78, 5) is 21.4. The molecule has 0 fully saturated rings. The molecule has 0 saturated heterocycles. The van der Waals surface area contributed by atoms with Gasteiger partial charge in [0.15, 0.2) is 0 Å². The summed E-state index contributed by atoms with van der Waals surface area (Å²) in [5.41, 5.74) is 5.18. The van der Waals surface area contributed by atoms with Crippen molar-refractivity contribution in [3.8, 4) is 0 Å². The molecule has 2 unspecified atom stereocenters. The minimum absolute atomic E-state index is 0.139. The summed E-state index contributed by atoms with van der Waals surface area (Å²) in [5, 5.41) is 30.6. The van der Waals surface area contributed by atoms with E-state index in [2.05, 4.69) is 4.74 Å². The van der Waals surface area contributed by atoms with Crippen LogP contribution in [0.15, 0.2) is 18.2 Å². The van der Waals surface area contributed by atoms with E-state index in [4.69, 9.17) is 5.73 Å². The first-order valence-corrected chi connectivity index (χ1v) is 5.92. The molecule has 20 heavy (non-hydrogen) atoms. The molecule has 1 aromatic carbocycles. The normalized spacial score (nSPS) is 13.6. The lowest BCUT2D eigenvalue weighted by atomic mass is 10.00. The molecule has 0 aromatic heterocycles. The minimum Gasteiger partial charge on any atom is -0.466 e. The Morgan fingerprint density at radius 2 is 2.15 bits per heavy atom. The molecule has 0 amide bonds. The molecular formula is C12H16N2O6. The van der Waals surface area contributed by atoms with Gasteiger partial charge in [0, 0.05) is 11.8 Å². The second kappa shape index (κ2) is 6.83. The van der Waals surface area contributed by atoms with Gasteiger partial charge in [0.1, 0.15) is 6.10 Å². The van der Waals surface area contributed by atoms with Crippen molar-refractivity contribution >= 4 is 17.3 Å². The number of nitro benzene ring substituents is 1. The first-order chi connectivity index (χ1) is 9.36. The number of rotatable bonds is 6. The van der Waals surface area contributed by atoms with Crippen LogP contribution in [-0.4, -0.2) is 33.8 Å². The summed E-state index contributed by atoms with van der Waals surface area (Å²) in [5.74, 6) is -0.703. The van der Waals surface area contributed by atoms with Gasteiger partial charge in [-0.15, -0.1) is 0 Å². The second-order valence-corrected chi connectivity index (χ2v) is 4.10. The molecule has 0 aliphatic carbocycles. The quantitative estimate of drug-likeness (QED) is 0.300. The average molecular weight is 284 g/mol. The summed E-state index contributed by atoms with van der Waals surface area (Å²) < 4.78 is 4.63. The summed E-state index contributed by atoms with van der Waals surface area (Å²) in [7, 11) is 0. The van der Waals surface area contributed by atoms with Gasteiger partial charge in [-0.2, -0.15) is 0 Å². The lowest BCUT2D eigenvalue weighted by molar-refractivity contribution is -0.386. The van der Waals surface area contributed by atoms with Crippen LogP contribution in [0.4, 0.5) is 11.4 Å². The lowest BCUT2D eigenvalue weighted by Gasteiger charge is -2.17. The molecule has 1 aromatic rings. The van der Waals surface area contributed by atoms with Crippen LogP contribution in [0.25, 0.3) is 0 Å². The van der Waals surface area contributed by atoms with Crippen LogP contribution in [0.5, 0.6) is 0 Å². The second-order valence-electron chi connectivity index (χ2n) is 4.10. The molecular weight excluding hydrogens is 268 g/mol. The Kier molecular flexibility index (Phi) is 5.42. The summed E-state index contributed by atoms with van der Waals surface area (Å²) in [6, 6.07) is 3.63. The van der Waals surface area contributed by atoms with E-state index in [0.717, 1.165) is 6.07 Å². The number of carbonyl (C=O) groups excluding carboxylic acids is 1. The highest BCUT2D eigenvalue weighted by molar-refractivity contribution is 5.70. The van der Waals surface area contributed by atoms with Crippen LogP contribution in [0, 0.1) is 10.1 Å². The van der Waals surface area contributed by atoms with Gasteiger partial charge in [-0.3, -0.25) is 14.9 Å². The SMILES string of the molecule is CCOC(=O)CC(O)C(O)c1cc(N)ccc1[N+](=O)[O-]. The fourth-order valence-electron chi connectivity index (χ4n) is 1.69. The minimum atomic E-state index is -1.61. The number of aliphatic hydroxyl groups excluding tert-OH is 2. The number of nitrogens with two attached hydrogens (primary N) is 1. The van der Waals surface area contributed by atoms with Crippen molar-refractivity contribution in [3.05, 3.63) is 33.9 Å². The van der Waals surface area contributed by atoms with E-state index in [-0.39, 0.29) is 23.5 Å². The third kappa shape index (κ3) is 3.90. The molecule has 8 heteroatoms. The van der Waals surface area contributed by atoms with Crippen LogP contribution < -0.4 is 5.73 Å². The Morgan fingerprint density at radius 1 is 1.50 bits per heavy atom. The molecule has 0 aliphatic rings. The largest absolute Gasteiger partial charge is 0.466 e. The summed E-state index contributed by atoms with van der Waals surface area (Å²) in [6.07, 6.45) is -3.60. The highest BCUT2D eigenvalue weighted by Gasteiger charge is 2.28. The molecule has 8 nitrogen and oxygen atoms in total. The van der Waals surface area contributed by atoms with E-state index >= 15 is 0 Å². The highest BCUT2D eigenvalue weighted by Crippen LogP contribution is 2.30. The number of nitrogen functional groups attached to an aromatic ring is 1. The maximum Gasteiger partial charge on any atom is 0.308 e. The van der Waals surface area contributed by atoms with Crippen molar-refractivity contribution in [1.29, 1.82) is 0 Å². The molecule has 110 valence electrons. The van der Waals surface area contributed by atoms with Gasteiger partial charge in [-0.05, 0) is 19.1 Å². The number of anilines is 1. The van der Waals surface area contributed by atoms with Gasteiger partial charge in [-0.25, -0.2) is 0 Å². The third-order valence-electron chi connectivity index (χ3n) is 2.61. The van der Waals surface area contributed by atoms with E-state index in [0.29, 0.717) is 0 Å². The Morgan fingerprint density at radius 3 is 2.70 bits per heavy atom. The monoisotopic (exact) mass is 284 g/mol. The first-order valence-electron chi connectivity index (χ1n) is 5.92. The fourth-order valence-corrected chi connectivity index (χ4v) is 1.69. The summed E-state index contributed by atoms with van der Waals surface area (Å²) in [6.45, 7) is 1.74. The number of benzene rings is 1. The van der Waals surface area contributed by atoms with E-state index < -0.39 is 29.5 Å². The molecule has 0 aliphatic heterocycles. The predicted molar refractivity (Wildman–Crippen MR) is 69.7 cm³/mol. The first kappa shape index (κ1) is 15.9. The molecule has 0 radical (unpaired) electrons. The summed E-state index contributed by atoms with van der Waals surface area (Å²) >= 11 is 0. The number of nitrogens with zero attached hydrogens (tertiary/aromatic N) is 1. The van der Waals surface area contributed by atoms with Gasteiger partial charge in [0.05, 0.1) is 29.6 Å². The van der Waals surface area contributed by atoms with E-state index in [1.165, 1.54) is 12.1 Å². The number of carbonyl (C=O) groups is 1. The molecule has 0 saturated carbocycles. The predicted octanol–water partition coefficient (Wildman–Crippen LogP) is 0.524. The van der Waals surface area contributed by atoms with Gasteiger partial charge in [-0.1, -0.05) is 0 Å². The molecule has 1 rings (SSSR count). The van der Waals surface area contributed by atoms with Crippen molar-refractivity contribution in [2.45, 2.75) is 25.6 Å².